The van der Waals surface area contributed by atoms with Crippen LogP contribution in [-0.2, 0) is 12.3 Å². The van der Waals surface area contributed by atoms with Crippen molar-refractivity contribution in [2.75, 3.05) is 0 Å². The molecule has 0 saturated carbocycles. The summed E-state index contributed by atoms with van der Waals surface area (Å²) in [5.74, 6) is 1.07. The van der Waals surface area contributed by atoms with E-state index < -0.39 is 6.36 Å². The molecule has 0 aliphatic rings. The van der Waals surface area contributed by atoms with Gasteiger partial charge >= 0.3 is 6.36 Å². The van der Waals surface area contributed by atoms with Crippen LogP contribution in [0.5, 0.6) is 5.75 Å². The maximum atomic E-state index is 12.2. The molecule has 26 heavy (non-hydrogen) atoms. The first-order chi connectivity index (χ1) is 12.4. The van der Waals surface area contributed by atoms with E-state index in [9.17, 15) is 13.2 Å². The second-order valence-corrected chi connectivity index (χ2v) is 7.79. The quantitative estimate of drug-likeness (QED) is 0.468. The Balaban J connectivity index is 1.69. The van der Waals surface area contributed by atoms with Crippen LogP contribution in [0.25, 0.3) is 10.7 Å². The second-order valence-electron chi connectivity index (χ2n) is 5.13. The van der Waals surface area contributed by atoms with Crippen LogP contribution in [0.2, 0.25) is 4.34 Å². The molecule has 3 rings (SSSR count). The number of benzene rings is 1. The molecule has 0 aliphatic heterocycles. The summed E-state index contributed by atoms with van der Waals surface area (Å²) in [5.41, 5.74) is 0.857. The van der Waals surface area contributed by atoms with E-state index in [0.717, 1.165) is 21.4 Å². The molecule has 0 bridgehead atoms. The van der Waals surface area contributed by atoms with E-state index in [-0.39, 0.29) is 5.75 Å². The molecule has 0 unspecified atom stereocenters. The number of alkyl halides is 3. The fourth-order valence-electron chi connectivity index (χ4n) is 2.23. The lowest BCUT2D eigenvalue weighted by Crippen LogP contribution is -2.16. The van der Waals surface area contributed by atoms with Crippen LogP contribution in [0.1, 0.15) is 12.5 Å². The minimum Gasteiger partial charge on any atom is -0.406 e. The number of aromatic nitrogens is 3. The molecule has 1 aromatic carbocycles. The van der Waals surface area contributed by atoms with Gasteiger partial charge in [-0.2, -0.15) is 0 Å². The zero-order chi connectivity index (χ0) is 18.7. The number of thiophene rings is 1. The second kappa shape index (κ2) is 7.89. The summed E-state index contributed by atoms with van der Waals surface area (Å²) < 4.78 is 43.1. The van der Waals surface area contributed by atoms with Gasteiger partial charge in [0.2, 0.25) is 0 Å². The van der Waals surface area contributed by atoms with Gasteiger partial charge < -0.3 is 9.30 Å². The third-order valence-electron chi connectivity index (χ3n) is 3.35. The molecule has 0 amide bonds. The fraction of sp³-hybridized carbons (Fsp3) is 0.250. The van der Waals surface area contributed by atoms with Crippen molar-refractivity contribution >= 4 is 34.7 Å². The van der Waals surface area contributed by atoms with Gasteiger partial charge in [-0.3, -0.25) is 0 Å². The largest absolute Gasteiger partial charge is 0.573 e. The molecule has 0 radical (unpaired) electrons. The van der Waals surface area contributed by atoms with Gasteiger partial charge in [-0.05, 0) is 36.8 Å². The van der Waals surface area contributed by atoms with Gasteiger partial charge in [-0.1, -0.05) is 35.5 Å². The molecular formula is C16H13ClF3N3OS2. The summed E-state index contributed by atoms with van der Waals surface area (Å²) >= 11 is 8.88. The van der Waals surface area contributed by atoms with Crippen molar-refractivity contribution in [2.45, 2.75) is 30.7 Å². The highest BCUT2D eigenvalue weighted by molar-refractivity contribution is 7.98. The first-order valence-electron chi connectivity index (χ1n) is 7.52. The highest BCUT2D eigenvalue weighted by Gasteiger charge is 2.30. The number of hydrogen-bond acceptors (Lipinski definition) is 5. The maximum absolute atomic E-state index is 12.2. The van der Waals surface area contributed by atoms with Crippen LogP contribution < -0.4 is 4.74 Å². The van der Waals surface area contributed by atoms with Crippen molar-refractivity contribution < 1.29 is 17.9 Å². The van der Waals surface area contributed by atoms with E-state index in [1.54, 1.807) is 12.1 Å². The first kappa shape index (κ1) is 19.1. The van der Waals surface area contributed by atoms with Crippen molar-refractivity contribution in [1.82, 2.24) is 14.8 Å². The van der Waals surface area contributed by atoms with Crippen molar-refractivity contribution in [3.63, 3.8) is 0 Å². The van der Waals surface area contributed by atoms with Crippen LogP contribution in [0.3, 0.4) is 0 Å². The smallest absolute Gasteiger partial charge is 0.406 e. The van der Waals surface area contributed by atoms with Gasteiger partial charge in [-0.25, -0.2) is 0 Å². The third kappa shape index (κ3) is 4.72. The number of thioether (sulfide) groups is 1. The van der Waals surface area contributed by atoms with E-state index >= 15 is 0 Å². The van der Waals surface area contributed by atoms with E-state index in [4.69, 9.17) is 11.6 Å². The molecule has 3 aromatic rings. The van der Waals surface area contributed by atoms with Crippen LogP contribution in [0.4, 0.5) is 13.2 Å². The Kier molecular flexibility index (Phi) is 5.79. The Morgan fingerprint density at radius 3 is 2.46 bits per heavy atom. The van der Waals surface area contributed by atoms with Crippen LogP contribution in [0, 0.1) is 0 Å². The topological polar surface area (TPSA) is 39.9 Å². The number of nitrogens with zero attached hydrogens (tertiary/aromatic N) is 3. The Morgan fingerprint density at radius 1 is 1.15 bits per heavy atom. The SMILES string of the molecule is CCn1c(SCc2ccc(OC(F)(F)F)cc2)nnc1-c1ccc(Cl)s1. The fourth-order valence-corrected chi connectivity index (χ4v) is 4.23. The van der Waals surface area contributed by atoms with Gasteiger partial charge in [0.1, 0.15) is 5.75 Å². The molecule has 138 valence electrons. The van der Waals surface area contributed by atoms with Crippen molar-refractivity contribution in [3.05, 3.63) is 46.3 Å². The first-order valence-corrected chi connectivity index (χ1v) is 9.70. The van der Waals surface area contributed by atoms with Gasteiger partial charge in [0, 0.05) is 12.3 Å². The van der Waals surface area contributed by atoms with Crippen molar-refractivity contribution in [3.8, 4) is 16.5 Å². The summed E-state index contributed by atoms with van der Waals surface area (Å²) in [7, 11) is 0. The Labute approximate surface area is 161 Å². The van der Waals surface area contributed by atoms with E-state index in [2.05, 4.69) is 14.9 Å². The minimum atomic E-state index is -4.69. The lowest BCUT2D eigenvalue weighted by molar-refractivity contribution is -0.274. The molecule has 0 atom stereocenters. The molecule has 4 nitrogen and oxygen atoms in total. The summed E-state index contributed by atoms with van der Waals surface area (Å²) in [6, 6.07) is 9.51. The standard InChI is InChI=1S/C16H13ClF3N3OS2/c1-2-23-14(12-7-8-13(17)26-12)21-22-15(23)25-9-10-3-5-11(6-4-10)24-16(18,19)20/h3-8H,2,9H2,1H3. The normalized spacial score (nSPS) is 11.7. The zero-order valence-electron chi connectivity index (χ0n) is 13.5. The predicted octanol–water partition coefficient (Wildman–Crippen LogP) is 5.87. The summed E-state index contributed by atoms with van der Waals surface area (Å²) in [4.78, 5) is 0.935. The van der Waals surface area contributed by atoms with Gasteiger partial charge in [-0.15, -0.1) is 34.7 Å². The summed E-state index contributed by atoms with van der Waals surface area (Å²) in [6.07, 6.45) is -4.69. The predicted molar refractivity (Wildman–Crippen MR) is 96.7 cm³/mol. The highest BCUT2D eigenvalue weighted by atomic mass is 35.5. The summed E-state index contributed by atoms with van der Waals surface area (Å²) in [6.45, 7) is 2.69. The highest BCUT2D eigenvalue weighted by Crippen LogP contribution is 2.32. The number of hydrogen-bond donors (Lipinski definition) is 0. The number of rotatable bonds is 6. The third-order valence-corrected chi connectivity index (χ3v) is 5.62. The molecular weight excluding hydrogens is 407 g/mol. The lowest BCUT2D eigenvalue weighted by Gasteiger charge is -2.09. The van der Waals surface area contributed by atoms with Gasteiger partial charge in [0.05, 0.1) is 9.21 Å². The molecule has 10 heteroatoms. The van der Waals surface area contributed by atoms with Gasteiger partial charge in [0.25, 0.3) is 0 Å². The molecule has 0 fully saturated rings. The van der Waals surface area contributed by atoms with E-state index in [0.29, 0.717) is 16.6 Å². The molecule has 0 N–H and O–H groups in total. The Bertz CT molecular complexity index is 878. The molecule has 0 spiro atoms. The monoisotopic (exact) mass is 419 g/mol. The minimum absolute atomic E-state index is 0.236. The average Bonchev–Trinajstić information content (AvgIpc) is 3.18. The van der Waals surface area contributed by atoms with Crippen molar-refractivity contribution in [2.24, 2.45) is 0 Å². The van der Waals surface area contributed by atoms with Crippen molar-refractivity contribution in [1.29, 1.82) is 0 Å². The Hall–Kier alpha value is -1.71. The van der Waals surface area contributed by atoms with Crippen LogP contribution in [0.15, 0.2) is 41.6 Å². The zero-order valence-corrected chi connectivity index (χ0v) is 15.8. The number of halogens is 4. The van der Waals surface area contributed by atoms with E-state index in [1.807, 2.05) is 23.6 Å². The van der Waals surface area contributed by atoms with E-state index in [1.165, 1.54) is 35.2 Å². The molecule has 0 saturated heterocycles. The maximum Gasteiger partial charge on any atom is 0.573 e. The van der Waals surface area contributed by atoms with Gasteiger partial charge in [0.15, 0.2) is 11.0 Å². The lowest BCUT2D eigenvalue weighted by atomic mass is 10.2. The number of ether oxygens (including phenoxy) is 1. The Morgan fingerprint density at radius 2 is 1.88 bits per heavy atom. The van der Waals surface area contributed by atoms with Crippen LogP contribution >= 0.6 is 34.7 Å². The average molecular weight is 420 g/mol. The molecule has 2 heterocycles. The molecule has 2 aromatic heterocycles. The summed E-state index contributed by atoms with van der Waals surface area (Å²) in [5, 5.41) is 9.19. The molecule has 0 aliphatic carbocycles. The van der Waals surface area contributed by atoms with Crippen LogP contribution in [-0.4, -0.2) is 21.1 Å².